The summed E-state index contributed by atoms with van der Waals surface area (Å²) in [5.74, 6) is -0.0220. The van der Waals surface area contributed by atoms with Gasteiger partial charge in [0.1, 0.15) is 0 Å². The maximum Gasteiger partial charge on any atom is 0.171 e. The van der Waals surface area contributed by atoms with E-state index in [9.17, 15) is 4.79 Å². The first kappa shape index (κ1) is 10.2. The predicted molar refractivity (Wildman–Crippen MR) is 59.5 cm³/mol. The van der Waals surface area contributed by atoms with Crippen LogP contribution in [0.4, 0.5) is 0 Å². The standard InChI is InChI=1S/C10H9ClOS/c1-4-7-8(5-2)13-10(6(3)12)9(7)11/h4-5H,1-2H2,3H3. The zero-order valence-corrected chi connectivity index (χ0v) is 8.84. The molecule has 3 heteroatoms. The first-order valence-corrected chi connectivity index (χ1v) is 4.89. The zero-order valence-electron chi connectivity index (χ0n) is 7.26. The molecule has 0 aliphatic heterocycles. The van der Waals surface area contributed by atoms with E-state index in [1.54, 1.807) is 12.2 Å². The molecule has 0 fully saturated rings. The van der Waals surface area contributed by atoms with E-state index in [0.29, 0.717) is 9.90 Å². The van der Waals surface area contributed by atoms with Crippen molar-refractivity contribution in [3.63, 3.8) is 0 Å². The highest BCUT2D eigenvalue weighted by Crippen LogP contribution is 2.34. The number of carbonyl (C=O) groups is 1. The number of halogens is 1. The third kappa shape index (κ3) is 1.74. The molecule has 1 rings (SSSR count). The molecular formula is C10H9ClOS. The summed E-state index contributed by atoms with van der Waals surface area (Å²) in [5.41, 5.74) is 0.798. The van der Waals surface area contributed by atoms with Crippen LogP contribution in [0.15, 0.2) is 13.2 Å². The number of hydrogen-bond acceptors (Lipinski definition) is 2. The van der Waals surface area contributed by atoms with Crippen LogP contribution in [0.2, 0.25) is 5.02 Å². The Bertz CT molecular complexity index is 377. The Morgan fingerprint density at radius 1 is 1.46 bits per heavy atom. The topological polar surface area (TPSA) is 17.1 Å². The van der Waals surface area contributed by atoms with Gasteiger partial charge >= 0.3 is 0 Å². The molecule has 0 unspecified atom stereocenters. The maximum atomic E-state index is 11.1. The minimum atomic E-state index is -0.0220. The van der Waals surface area contributed by atoms with Crippen LogP contribution in [0, 0.1) is 0 Å². The number of rotatable bonds is 3. The van der Waals surface area contributed by atoms with Gasteiger partial charge in [0.2, 0.25) is 0 Å². The van der Waals surface area contributed by atoms with Crippen molar-refractivity contribution in [2.24, 2.45) is 0 Å². The van der Waals surface area contributed by atoms with E-state index in [0.717, 1.165) is 10.4 Å². The summed E-state index contributed by atoms with van der Waals surface area (Å²) in [7, 11) is 0. The van der Waals surface area contributed by atoms with E-state index in [4.69, 9.17) is 11.6 Å². The number of thiophene rings is 1. The van der Waals surface area contributed by atoms with Crippen molar-refractivity contribution in [2.45, 2.75) is 6.92 Å². The van der Waals surface area contributed by atoms with Gasteiger partial charge in [-0.05, 0) is 0 Å². The van der Waals surface area contributed by atoms with Gasteiger partial charge in [-0.3, -0.25) is 4.79 Å². The second kappa shape index (κ2) is 3.90. The Morgan fingerprint density at radius 3 is 2.38 bits per heavy atom. The van der Waals surface area contributed by atoms with Gasteiger partial charge in [-0.1, -0.05) is 36.9 Å². The van der Waals surface area contributed by atoms with Crippen LogP contribution in [-0.2, 0) is 0 Å². The van der Waals surface area contributed by atoms with Crippen molar-refractivity contribution < 1.29 is 4.79 Å². The van der Waals surface area contributed by atoms with Gasteiger partial charge in [0.05, 0.1) is 9.90 Å². The lowest BCUT2D eigenvalue weighted by atomic mass is 10.2. The molecule has 0 aliphatic carbocycles. The Balaban J connectivity index is 3.42. The Labute approximate surface area is 86.3 Å². The largest absolute Gasteiger partial charge is 0.294 e. The van der Waals surface area contributed by atoms with Crippen molar-refractivity contribution in [3.8, 4) is 0 Å². The normalized spacial score (nSPS) is 9.69. The number of hydrogen-bond donors (Lipinski definition) is 0. The van der Waals surface area contributed by atoms with E-state index in [1.807, 2.05) is 0 Å². The molecule has 0 bridgehead atoms. The molecule has 68 valence electrons. The first-order chi connectivity index (χ1) is 6.11. The lowest BCUT2D eigenvalue weighted by Gasteiger charge is -1.90. The fraction of sp³-hybridized carbons (Fsp3) is 0.100. The SMILES string of the molecule is C=Cc1sc(C(C)=O)c(Cl)c1C=C. The van der Waals surface area contributed by atoms with Gasteiger partial charge in [-0.25, -0.2) is 0 Å². The monoisotopic (exact) mass is 212 g/mol. The molecular weight excluding hydrogens is 204 g/mol. The van der Waals surface area contributed by atoms with Crippen molar-refractivity contribution in [1.82, 2.24) is 0 Å². The lowest BCUT2D eigenvalue weighted by molar-refractivity contribution is 0.102. The molecule has 13 heavy (non-hydrogen) atoms. The minimum absolute atomic E-state index is 0.0220. The van der Waals surface area contributed by atoms with Crippen LogP contribution < -0.4 is 0 Å². The van der Waals surface area contributed by atoms with Crippen molar-refractivity contribution >= 4 is 40.9 Å². The molecule has 0 aliphatic rings. The minimum Gasteiger partial charge on any atom is -0.294 e. The molecule has 0 amide bonds. The molecule has 0 saturated carbocycles. The average Bonchev–Trinajstić information content (AvgIpc) is 2.41. The maximum absolute atomic E-state index is 11.1. The Kier molecular flexibility index (Phi) is 3.07. The van der Waals surface area contributed by atoms with Gasteiger partial charge in [-0.15, -0.1) is 11.3 Å². The second-order valence-corrected chi connectivity index (χ2v) is 3.92. The van der Waals surface area contributed by atoms with Crippen LogP contribution in [0.3, 0.4) is 0 Å². The third-order valence-corrected chi connectivity index (χ3v) is 3.43. The lowest BCUT2D eigenvalue weighted by Crippen LogP contribution is -1.86. The Hall–Kier alpha value is -0.860. The van der Waals surface area contributed by atoms with E-state index >= 15 is 0 Å². The summed E-state index contributed by atoms with van der Waals surface area (Å²) in [6.45, 7) is 8.78. The average molecular weight is 213 g/mol. The summed E-state index contributed by atoms with van der Waals surface area (Å²) >= 11 is 7.32. The molecule has 1 nitrogen and oxygen atoms in total. The quantitative estimate of drug-likeness (QED) is 0.695. The fourth-order valence-corrected chi connectivity index (χ4v) is 2.43. The highest BCUT2D eigenvalue weighted by Gasteiger charge is 2.15. The zero-order chi connectivity index (χ0) is 10.0. The first-order valence-electron chi connectivity index (χ1n) is 3.70. The smallest absolute Gasteiger partial charge is 0.171 e. The van der Waals surface area contributed by atoms with Crippen LogP contribution in [0.25, 0.3) is 12.2 Å². The van der Waals surface area contributed by atoms with E-state index in [-0.39, 0.29) is 5.78 Å². The van der Waals surface area contributed by atoms with Gasteiger partial charge < -0.3 is 0 Å². The van der Waals surface area contributed by atoms with Crippen molar-refractivity contribution in [1.29, 1.82) is 0 Å². The summed E-state index contributed by atoms with van der Waals surface area (Å²) in [6.07, 6.45) is 3.32. The molecule has 0 saturated heterocycles. The van der Waals surface area contributed by atoms with Crippen molar-refractivity contribution in [3.05, 3.63) is 33.5 Å². The second-order valence-electron chi connectivity index (χ2n) is 2.49. The number of carbonyl (C=O) groups excluding carboxylic acids is 1. The van der Waals surface area contributed by atoms with E-state index in [1.165, 1.54) is 18.3 Å². The van der Waals surface area contributed by atoms with Crippen molar-refractivity contribution in [2.75, 3.05) is 0 Å². The molecule has 0 atom stereocenters. The van der Waals surface area contributed by atoms with Crippen LogP contribution in [0.5, 0.6) is 0 Å². The van der Waals surface area contributed by atoms with Crippen LogP contribution in [0.1, 0.15) is 27.0 Å². The molecule has 0 aromatic carbocycles. The molecule has 1 heterocycles. The van der Waals surface area contributed by atoms with Gasteiger partial charge in [0, 0.05) is 17.4 Å². The molecule has 0 spiro atoms. The Morgan fingerprint density at radius 2 is 2.08 bits per heavy atom. The molecule has 1 aromatic heterocycles. The fourth-order valence-electron chi connectivity index (χ4n) is 1.01. The predicted octanol–water partition coefficient (Wildman–Crippen LogP) is 3.89. The highest BCUT2D eigenvalue weighted by molar-refractivity contribution is 7.15. The number of ketones is 1. The third-order valence-electron chi connectivity index (χ3n) is 1.62. The molecule has 0 radical (unpaired) electrons. The van der Waals surface area contributed by atoms with Crippen LogP contribution in [-0.4, -0.2) is 5.78 Å². The van der Waals surface area contributed by atoms with Gasteiger partial charge in [-0.2, -0.15) is 0 Å². The summed E-state index contributed by atoms with van der Waals surface area (Å²) in [5, 5.41) is 0.488. The summed E-state index contributed by atoms with van der Waals surface area (Å²) in [4.78, 5) is 12.6. The number of Topliss-reactive ketones (excluding diaryl/α,β-unsaturated/α-hetero) is 1. The van der Waals surface area contributed by atoms with E-state index in [2.05, 4.69) is 13.2 Å². The van der Waals surface area contributed by atoms with Crippen LogP contribution >= 0.6 is 22.9 Å². The molecule has 0 N–H and O–H groups in total. The summed E-state index contributed by atoms with van der Waals surface area (Å²) < 4.78 is 0. The highest BCUT2D eigenvalue weighted by atomic mass is 35.5. The van der Waals surface area contributed by atoms with Gasteiger partial charge in [0.25, 0.3) is 0 Å². The van der Waals surface area contributed by atoms with E-state index < -0.39 is 0 Å². The summed E-state index contributed by atoms with van der Waals surface area (Å²) in [6, 6.07) is 0. The molecule has 1 aromatic rings. The van der Waals surface area contributed by atoms with Gasteiger partial charge in [0.15, 0.2) is 5.78 Å².